The highest BCUT2D eigenvalue weighted by Crippen LogP contribution is 2.22. The lowest BCUT2D eigenvalue weighted by molar-refractivity contribution is 0.0694. The van der Waals surface area contributed by atoms with Gasteiger partial charge in [0.1, 0.15) is 11.6 Å². The average Bonchev–Trinajstić information content (AvgIpc) is 2.67. The summed E-state index contributed by atoms with van der Waals surface area (Å²) in [6.45, 7) is 0.816. The van der Waals surface area contributed by atoms with Gasteiger partial charge in [0.05, 0.1) is 17.6 Å². The Hall–Kier alpha value is -2.45. The fourth-order valence-electron chi connectivity index (χ4n) is 2.90. The molecule has 3 rings (SSSR count). The molecule has 0 saturated carbocycles. The number of ether oxygens (including phenoxy) is 1. The largest absolute Gasteiger partial charge is 0.496 e. The van der Waals surface area contributed by atoms with Gasteiger partial charge in [-0.2, -0.15) is 4.31 Å². The maximum Gasteiger partial charge on any atom is 0.257 e. The Morgan fingerprint density at radius 3 is 2.38 bits per heavy atom. The molecule has 2 aromatic carbocycles. The second kappa shape index (κ2) is 7.43. The van der Waals surface area contributed by atoms with Crippen LogP contribution in [0.2, 0.25) is 0 Å². The SMILES string of the molecule is COc1ccccc1C(=O)N1CCN(S(=O)(=O)c2cccc(F)c2)CC1. The molecular weight excluding hydrogens is 359 g/mol. The van der Waals surface area contributed by atoms with Crippen LogP contribution in [-0.2, 0) is 10.0 Å². The van der Waals surface area contributed by atoms with Crippen LogP contribution >= 0.6 is 0 Å². The molecule has 0 radical (unpaired) electrons. The van der Waals surface area contributed by atoms with Gasteiger partial charge in [-0.05, 0) is 30.3 Å². The number of amides is 1. The van der Waals surface area contributed by atoms with Crippen LogP contribution in [0.3, 0.4) is 0 Å². The first kappa shape index (κ1) is 18.3. The average molecular weight is 378 g/mol. The summed E-state index contributed by atoms with van der Waals surface area (Å²) in [5, 5.41) is 0. The van der Waals surface area contributed by atoms with E-state index in [0.717, 1.165) is 6.07 Å². The standard InChI is InChI=1S/C18H19FN2O4S/c1-25-17-8-3-2-7-16(17)18(22)20-9-11-21(12-10-20)26(23,24)15-6-4-5-14(19)13-15/h2-8,13H,9-12H2,1H3. The van der Waals surface area contributed by atoms with Crippen LogP contribution in [-0.4, -0.2) is 56.8 Å². The highest BCUT2D eigenvalue weighted by Gasteiger charge is 2.31. The monoisotopic (exact) mass is 378 g/mol. The molecule has 1 fully saturated rings. The molecule has 2 aromatic rings. The summed E-state index contributed by atoms with van der Waals surface area (Å²) in [4.78, 5) is 14.2. The summed E-state index contributed by atoms with van der Waals surface area (Å²) in [6, 6.07) is 11.8. The van der Waals surface area contributed by atoms with Gasteiger partial charge in [-0.15, -0.1) is 0 Å². The van der Waals surface area contributed by atoms with E-state index in [9.17, 15) is 17.6 Å². The second-order valence-electron chi connectivity index (χ2n) is 5.85. The van der Waals surface area contributed by atoms with Crippen molar-refractivity contribution < 1.29 is 22.3 Å². The minimum atomic E-state index is -3.78. The molecule has 1 saturated heterocycles. The van der Waals surface area contributed by atoms with Gasteiger partial charge in [0.2, 0.25) is 10.0 Å². The normalized spacial score (nSPS) is 15.7. The molecule has 0 spiro atoms. The number of carbonyl (C=O) groups is 1. The third kappa shape index (κ3) is 3.56. The quantitative estimate of drug-likeness (QED) is 0.816. The number of rotatable bonds is 4. The van der Waals surface area contributed by atoms with Crippen molar-refractivity contribution in [3.05, 3.63) is 59.9 Å². The number of nitrogens with zero attached hydrogens (tertiary/aromatic N) is 2. The van der Waals surface area contributed by atoms with Crippen molar-refractivity contribution in [3.8, 4) is 5.75 Å². The summed E-state index contributed by atoms with van der Waals surface area (Å²) in [7, 11) is -2.28. The molecule has 1 aliphatic heterocycles. The lowest BCUT2D eigenvalue weighted by Crippen LogP contribution is -2.50. The molecular formula is C18H19FN2O4S. The molecule has 0 N–H and O–H groups in total. The highest BCUT2D eigenvalue weighted by molar-refractivity contribution is 7.89. The maximum absolute atomic E-state index is 13.3. The van der Waals surface area contributed by atoms with Gasteiger partial charge in [-0.25, -0.2) is 12.8 Å². The predicted octanol–water partition coefficient (Wildman–Crippen LogP) is 1.98. The van der Waals surface area contributed by atoms with Crippen molar-refractivity contribution in [3.63, 3.8) is 0 Å². The Kier molecular flexibility index (Phi) is 5.24. The third-order valence-corrected chi connectivity index (χ3v) is 6.19. The Morgan fingerprint density at radius 1 is 1.04 bits per heavy atom. The first-order chi connectivity index (χ1) is 12.4. The minimum absolute atomic E-state index is 0.0815. The van der Waals surface area contributed by atoms with Gasteiger partial charge in [0, 0.05) is 26.2 Å². The second-order valence-corrected chi connectivity index (χ2v) is 7.79. The number of piperazine rings is 1. The molecule has 138 valence electrons. The number of carbonyl (C=O) groups excluding carboxylic acids is 1. The van der Waals surface area contributed by atoms with E-state index in [1.807, 2.05) is 0 Å². The van der Waals surface area contributed by atoms with Gasteiger partial charge in [0.25, 0.3) is 5.91 Å². The van der Waals surface area contributed by atoms with Crippen molar-refractivity contribution >= 4 is 15.9 Å². The maximum atomic E-state index is 13.3. The van der Waals surface area contributed by atoms with Gasteiger partial charge in [-0.3, -0.25) is 4.79 Å². The highest BCUT2D eigenvalue weighted by atomic mass is 32.2. The molecule has 0 bridgehead atoms. The molecule has 0 unspecified atom stereocenters. The lowest BCUT2D eigenvalue weighted by Gasteiger charge is -2.34. The zero-order valence-corrected chi connectivity index (χ0v) is 15.1. The Labute approximate surface area is 151 Å². The molecule has 0 atom stereocenters. The van der Waals surface area contributed by atoms with Crippen LogP contribution < -0.4 is 4.74 Å². The van der Waals surface area contributed by atoms with Crippen LogP contribution in [0.1, 0.15) is 10.4 Å². The van der Waals surface area contributed by atoms with E-state index in [1.54, 1.807) is 29.2 Å². The Bertz CT molecular complexity index is 909. The topological polar surface area (TPSA) is 66.9 Å². The molecule has 1 aliphatic rings. The zero-order chi connectivity index (χ0) is 18.7. The van der Waals surface area contributed by atoms with Crippen LogP contribution in [0.25, 0.3) is 0 Å². The molecule has 26 heavy (non-hydrogen) atoms. The lowest BCUT2D eigenvalue weighted by atomic mass is 10.1. The van der Waals surface area contributed by atoms with E-state index in [-0.39, 0.29) is 37.0 Å². The summed E-state index contributed by atoms with van der Waals surface area (Å²) >= 11 is 0. The van der Waals surface area contributed by atoms with Gasteiger partial charge in [0.15, 0.2) is 0 Å². The van der Waals surface area contributed by atoms with E-state index in [4.69, 9.17) is 4.74 Å². The van der Waals surface area contributed by atoms with E-state index < -0.39 is 15.8 Å². The number of halogens is 1. The summed E-state index contributed by atoms with van der Waals surface area (Å²) in [5.41, 5.74) is 0.441. The fraction of sp³-hybridized carbons (Fsp3) is 0.278. The number of hydrogen-bond acceptors (Lipinski definition) is 4. The van der Waals surface area contributed by atoms with E-state index >= 15 is 0 Å². The summed E-state index contributed by atoms with van der Waals surface area (Å²) in [5.74, 6) is -0.325. The van der Waals surface area contributed by atoms with Crippen LogP contribution in [0.5, 0.6) is 5.75 Å². The smallest absolute Gasteiger partial charge is 0.257 e. The van der Waals surface area contributed by atoms with Crippen molar-refractivity contribution in [2.75, 3.05) is 33.3 Å². The summed E-state index contributed by atoms with van der Waals surface area (Å²) in [6.07, 6.45) is 0. The van der Waals surface area contributed by atoms with Crippen molar-refractivity contribution in [1.82, 2.24) is 9.21 Å². The van der Waals surface area contributed by atoms with Crippen LogP contribution in [0.4, 0.5) is 4.39 Å². The molecule has 1 amide bonds. The molecule has 1 heterocycles. The number of para-hydroxylation sites is 1. The fourth-order valence-corrected chi connectivity index (χ4v) is 4.35. The van der Waals surface area contributed by atoms with Crippen molar-refractivity contribution in [2.24, 2.45) is 0 Å². The zero-order valence-electron chi connectivity index (χ0n) is 14.3. The van der Waals surface area contributed by atoms with E-state index in [1.165, 1.54) is 29.6 Å². The van der Waals surface area contributed by atoms with Crippen molar-refractivity contribution in [2.45, 2.75) is 4.90 Å². The van der Waals surface area contributed by atoms with Gasteiger partial charge < -0.3 is 9.64 Å². The van der Waals surface area contributed by atoms with E-state index in [2.05, 4.69) is 0 Å². The Morgan fingerprint density at radius 2 is 1.73 bits per heavy atom. The van der Waals surface area contributed by atoms with Crippen molar-refractivity contribution in [1.29, 1.82) is 0 Å². The molecule has 6 nitrogen and oxygen atoms in total. The Balaban J connectivity index is 1.72. The number of sulfonamides is 1. The molecule has 8 heteroatoms. The number of hydrogen-bond donors (Lipinski definition) is 0. The van der Waals surface area contributed by atoms with Gasteiger partial charge in [-0.1, -0.05) is 18.2 Å². The summed E-state index contributed by atoms with van der Waals surface area (Å²) < 4.78 is 45.1. The first-order valence-electron chi connectivity index (χ1n) is 8.11. The van der Waals surface area contributed by atoms with Crippen LogP contribution in [0, 0.1) is 5.82 Å². The minimum Gasteiger partial charge on any atom is -0.496 e. The molecule has 0 aromatic heterocycles. The predicted molar refractivity (Wildman–Crippen MR) is 94.1 cm³/mol. The van der Waals surface area contributed by atoms with E-state index in [0.29, 0.717) is 11.3 Å². The number of methoxy groups -OCH3 is 1. The van der Waals surface area contributed by atoms with Crippen LogP contribution in [0.15, 0.2) is 53.4 Å². The molecule has 0 aliphatic carbocycles. The first-order valence-corrected chi connectivity index (χ1v) is 9.55. The third-order valence-electron chi connectivity index (χ3n) is 4.30. The number of benzene rings is 2. The van der Waals surface area contributed by atoms with Gasteiger partial charge >= 0.3 is 0 Å².